The van der Waals surface area contributed by atoms with E-state index >= 15 is 0 Å². The van der Waals surface area contributed by atoms with Crippen molar-refractivity contribution in [3.8, 4) is 11.5 Å². The third kappa shape index (κ3) is 3.30. The largest absolute Gasteiger partial charge is 0.493 e. The molecule has 7 heteroatoms. The molecule has 146 valence electrons. The van der Waals surface area contributed by atoms with E-state index in [1.807, 2.05) is 36.1 Å². The lowest BCUT2D eigenvalue weighted by atomic mass is 9.98. The summed E-state index contributed by atoms with van der Waals surface area (Å²) in [5.41, 5.74) is 3.53. The van der Waals surface area contributed by atoms with E-state index in [9.17, 15) is 9.59 Å². The number of anilines is 1. The molecule has 2 aromatic rings. The fourth-order valence-electron chi connectivity index (χ4n) is 3.58. The smallest absolute Gasteiger partial charge is 0.254 e. The summed E-state index contributed by atoms with van der Waals surface area (Å²) in [4.78, 5) is 27.8. The first-order valence-electron chi connectivity index (χ1n) is 9.14. The van der Waals surface area contributed by atoms with E-state index in [0.29, 0.717) is 35.8 Å². The molecule has 0 saturated heterocycles. The highest BCUT2D eigenvalue weighted by atomic mass is 32.2. The zero-order chi connectivity index (χ0) is 19.8. The summed E-state index contributed by atoms with van der Waals surface area (Å²) in [6, 6.07) is 9.46. The predicted octanol–water partition coefficient (Wildman–Crippen LogP) is 3.34. The van der Waals surface area contributed by atoms with E-state index in [2.05, 4.69) is 5.32 Å². The Morgan fingerprint density at radius 1 is 1.14 bits per heavy atom. The average Bonchev–Trinajstić information content (AvgIpc) is 2.72. The minimum Gasteiger partial charge on any atom is -0.493 e. The molecule has 0 radical (unpaired) electrons. The van der Waals surface area contributed by atoms with Gasteiger partial charge in [0.05, 0.1) is 25.2 Å². The molecule has 0 saturated carbocycles. The Morgan fingerprint density at radius 3 is 2.57 bits per heavy atom. The summed E-state index contributed by atoms with van der Waals surface area (Å²) in [7, 11) is 3.23. The summed E-state index contributed by atoms with van der Waals surface area (Å²) < 4.78 is 10.8. The number of amides is 2. The van der Waals surface area contributed by atoms with Gasteiger partial charge in [0, 0.05) is 23.5 Å². The van der Waals surface area contributed by atoms with Crippen molar-refractivity contribution in [3.63, 3.8) is 0 Å². The first-order valence-corrected chi connectivity index (χ1v) is 10.0. The van der Waals surface area contributed by atoms with Crippen LogP contribution in [-0.2, 0) is 17.8 Å². The van der Waals surface area contributed by atoms with Crippen molar-refractivity contribution in [2.45, 2.75) is 30.0 Å². The molecule has 4 rings (SSSR count). The van der Waals surface area contributed by atoms with Gasteiger partial charge in [-0.3, -0.25) is 9.59 Å². The highest BCUT2D eigenvalue weighted by Gasteiger charge is 2.27. The molecule has 6 nitrogen and oxygen atoms in total. The number of methoxy groups -OCH3 is 2. The van der Waals surface area contributed by atoms with Crippen LogP contribution in [0.4, 0.5) is 5.69 Å². The molecule has 0 aliphatic carbocycles. The minimum absolute atomic E-state index is 0.0324. The molecule has 2 aliphatic rings. The second-order valence-corrected chi connectivity index (χ2v) is 8.30. The molecule has 0 bridgehead atoms. The van der Waals surface area contributed by atoms with E-state index in [0.717, 1.165) is 16.9 Å². The van der Waals surface area contributed by atoms with Gasteiger partial charge < -0.3 is 19.7 Å². The molecule has 0 fully saturated rings. The molecule has 1 atom stereocenters. The van der Waals surface area contributed by atoms with Gasteiger partial charge in [-0.15, -0.1) is 11.8 Å². The molecular weight excluding hydrogens is 376 g/mol. The van der Waals surface area contributed by atoms with Crippen LogP contribution in [0.25, 0.3) is 0 Å². The Labute approximate surface area is 168 Å². The van der Waals surface area contributed by atoms with Gasteiger partial charge in [0.25, 0.3) is 5.91 Å². The number of nitrogens with one attached hydrogen (secondary N) is 1. The van der Waals surface area contributed by atoms with Gasteiger partial charge in [-0.2, -0.15) is 0 Å². The normalized spacial score (nSPS) is 18.0. The molecule has 0 spiro atoms. The summed E-state index contributed by atoms with van der Waals surface area (Å²) in [5.74, 6) is 1.30. The van der Waals surface area contributed by atoms with E-state index in [4.69, 9.17) is 9.47 Å². The topological polar surface area (TPSA) is 67.9 Å². The van der Waals surface area contributed by atoms with Crippen LogP contribution in [-0.4, -0.2) is 42.7 Å². The molecule has 0 unspecified atom stereocenters. The molecule has 2 aromatic carbocycles. The Balaban J connectivity index is 1.57. The number of thioether (sulfide) groups is 1. The van der Waals surface area contributed by atoms with Gasteiger partial charge in [-0.1, -0.05) is 0 Å². The van der Waals surface area contributed by atoms with Gasteiger partial charge >= 0.3 is 0 Å². The van der Waals surface area contributed by atoms with E-state index in [1.165, 1.54) is 17.3 Å². The Kier molecular flexibility index (Phi) is 4.93. The van der Waals surface area contributed by atoms with Crippen LogP contribution in [0.2, 0.25) is 0 Å². The number of ether oxygens (including phenoxy) is 2. The zero-order valence-electron chi connectivity index (χ0n) is 16.1. The maximum absolute atomic E-state index is 13.1. The standard InChI is InChI=1S/C21H22N2O4S/c1-12-20(24)22-16-8-14(4-5-19(16)28-12)21(25)23-7-6-13-9-17(26-2)18(27-3)10-15(13)11-23/h4-5,8-10,12H,6-7,11H2,1-3H3,(H,22,24)/t12-/m1/s1. The maximum atomic E-state index is 13.1. The zero-order valence-corrected chi connectivity index (χ0v) is 16.9. The van der Waals surface area contributed by atoms with Crippen molar-refractivity contribution in [2.24, 2.45) is 0 Å². The van der Waals surface area contributed by atoms with Crippen molar-refractivity contribution in [1.82, 2.24) is 4.90 Å². The first-order chi connectivity index (χ1) is 13.5. The van der Waals surface area contributed by atoms with Gasteiger partial charge in [0.2, 0.25) is 5.91 Å². The minimum atomic E-state index is -0.125. The molecule has 28 heavy (non-hydrogen) atoms. The number of hydrogen-bond donors (Lipinski definition) is 1. The lowest BCUT2D eigenvalue weighted by molar-refractivity contribution is -0.115. The fourth-order valence-corrected chi connectivity index (χ4v) is 4.51. The quantitative estimate of drug-likeness (QED) is 0.859. The Bertz CT molecular complexity index is 960. The van der Waals surface area contributed by atoms with Gasteiger partial charge in [0.15, 0.2) is 11.5 Å². The number of carbonyl (C=O) groups is 2. The summed E-state index contributed by atoms with van der Waals surface area (Å²) in [6.07, 6.45) is 0.760. The lowest BCUT2D eigenvalue weighted by Crippen LogP contribution is -2.36. The number of hydrogen-bond acceptors (Lipinski definition) is 5. The molecular formula is C21H22N2O4S. The third-order valence-corrected chi connectivity index (χ3v) is 6.34. The van der Waals surface area contributed by atoms with Crippen molar-refractivity contribution in [3.05, 3.63) is 47.0 Å². The maximum Gasteiger partial charge on any atom is 0.254 e. The third-order valence-electron chi connectivity index (χ3n) is 5.16. The lowest BCUT2D eigenvalue weighted by Gasteiger charge is -2.30. The van der Waals surface area contributed by atoms with Crippen LogP contribution in [0, 0.1) is 0 Å². The predicted molar refractivity (Wildman–Crippen MR) is 108 cm³/mol. The monoisotopic (exact) mass is 398 g/mol. The fraction of sp³-hybridized carbons (Fsp3) is 0.333. The van der Waals surface area contributed by atoms with Crippen molar-refractivity contribution < 1.29 is 19.1 Å². The SMILES string of the molecule is COc1cc2c(cc1OC)CN(C(=O)c1ccc3c(c1)NC(=O)[C@@H](C)S3)CC2. The van der Waals surface area contributed by atoms with E-state index in [-0.39, 0.29) is 17.1 Å². The van der Waals surface area contributed by atoms with Crippen LogP contribution in [0.3, 0.4) is 0 Å². The number of fused-ring (bicyclic) bond motifs is 2. The van der Waals surface area contributed by atoms with Crippen molar-refractivity contribution >= 4 is 29.3 Å². The number of nitrogens with zero attached hydrogens (tertiary/aromatic N) is 1. The highest BCUT2D eigenvalue weighted by molar-refractivity contribution is 8.00. The number of benzene rings is 2. The van der Waals surface area contributed by atoms with Gasteiger partial charge in [-0.25, -0.2) is 0 Å². The van der Waals surface area contributed by atoms with Gasteiger partial charge in [-0.05, 0) is 54.8 Å². The van der Waals surface area contributed by atoms with Crippen molar-refractivity contribution in [1.29, 1.82) is 0 Å². The van der Waals surface area contributed by atoms with E-state index < -0.39 is 0 Å². The van der Waals surface area contributed by atoms with Crippen LogP contribution in [0.15, 0.2) is 35.2 Å². The molecule has 2 aliphatic heterocycles. The molecule has 1 N–H and O–H groups in total. The van der Waals surface area contributed by atoms with Crippen LogP contribution in [0.1, 0.15) is 28.4 Å². The van der Waals surface area contributed by atoms with Crippen LogP contribution < -0.4 is 14.8 Å². The highest BCUT2D eigenvalue weighted by Crippen LogP contribution is 2.37. The van der Waals surface area contributed by atoms with Crippen LogP contribution in [0.5, 0.6) is 11.5 Å². The molecule has 2 amide bonds. The average molecular weight is 398 g/mol. The van der Waals surface area contributed by atoms with Crippen molar-refractivity contribution in [2.75, 3.05) is 26.1 Å². The molecule has 2 heterocycles. The van der Waals surface area contributed by atoms with E-state index in [1.54, 1.807) is 20.3 Å². The second-order valence-electron chi connectivity index (χ2n) is 6.91. The Hall–Kier alpha value is -2.67. The molecule has 0 aromatic heterocycles. The first kappa shape index (κ1) is 18.7. The van der Waals surface area contributed by atoms with Crippen LogP contribution >= 0.6 is 11.8 Å². The second kappa shape index (κ2) is 7.39. The Morgan fingerprint density at radius 2 is 1.86 bits per heavy atom. The summed E-state index contributed by atoms with van der Waals surface area (Å²) >= 11 is 1.51. The number of carbonyl (C=O) groups excluding carboxylic acids is 2. The summed E-state index contributed by atoms with van der Waals surface area (Å²) in [5, 5.41) is 2.76. The summed E-state index contributed by atoms with van der Waals surface area (Å²) in [6.45, 7) is 3.02. The number of rotatable bonds is 3. The van der Waals surface area contributed by atoms with Gasteiger partial charge in [0.1, 0.15) is 0 Å².